The lowest BCUT2D eigenvalue weighted by Gasteiger charge is -2.22. The van der Waals surface area contributed by atoms with Crippen LogP contribution in [0.5, 0.6) is 0 Å². The molecule has 0 aliphatic carbocycles. The van der Waals surface area contributed by atoms with Gasteiger partial charge in [0.25, 0.3) is 0 Å². The van der Waals surface area contributed by atoms with Crippen molar-refractivity contribution in [2.24, 2.45) is 4.99 Å². The summed E-state index contributed by atoms with van der Waals surface area (Å²) >= 11 is 0. The molecule has 0 saturated heterocycles. The zero-order valence-electron chi connectivity index (χ0n) is 9.62. The van der Waals surface area contributed by atoms with Crippen molar-refractivity contribution in [2.75, 3.05) is 28.3 Å². The van der Waals surface area contributed by atoms with E-state index < -0.39 is 11.7 Å². The first kappa shape index (κ1) is 13.1. The molecule has 0 aliphatic rings. The number of aliphatic imine (C=N–C) groups is 1. The van der Waals surface area contributed by atoms with Gasteiger partial charge in [-0.25, -0.2) is 0 Å². The first-order chi connectivity index (χ1) is 6.37. The van der Waals surface area contributed by atoms with Gasteiger partial charge in [0.2, 0.25) is 5.79 Å². The average Bonchev–Trinajstić information content (AvgIpc) is 2.16. The summed E-state index contributed by atoms with van der Waals surface area (Å²) in [6, 6.07) is 0. The Labute approximate surface area is 84.7 Å². The lowest BCUT2D eigenvalue weighted by atomic mass is 10.3. The van der Waals surface area contributed by atoms with Gasteiger partial charge >= 0.3 is 5.91 Å². The van der Waals surface area contributed by atoms with Crippen molar-refractivity contribution in [3.63, 3.8) is 0 Å². The minimum absolute atomic E-state index is 0.450. The van der Waals surface area contributed by atoms with Gasteiger partial charge in [0.05, 0.1) is 0 Å². The Morgan fingerprint density at radius 3 is 2.00 bits per heavy atom. The zero-order chi connectivity index (χ0) is 11.4. The van der Waals surface area contributed by atoms with E-state index in [1.807, 2.05) is 14.1 Å². The van der Waals surface area contributed by atoms with Gasteiger partial charge in [-0.1, -0.05) is 0 Å². The zero-order valence-corrected chi connectivity index (χ0v) is 9.62. The molecule has 0 rings (SSSR count). The lowest BCUT2D eigenvalue weighted by molar-refractivity contribution is -0.197. The third-order valence-corrected chi connectivity index (χ3v) is 2.08. The van der Waals surface area contributed by atoms with Crippen LogP contribution in [0.1, 0.15) is 13.8 Å². The minimum atomic E-state index is -1.29. The molecule has 0 heterocycles. The molecule has 0 aromatic rings. The summed E-state index contributed by atoms with van der Waals surface area (Å²) in [5.41, 5.74) is 0. The van der Waals surface area contributed by atoms with Crippen molar-refractivity contribution in [1.29, 1.82) is 0 Å². The van der Waals surface area contributed by atoms with Crippen LogP contribution in [-0.4, -0.2) is 50.7 Å². The molecule has 82 valence electrons. The van der Waals surface area contributed by atoms with Crippen LogP contribution in [0, 0.1) is 0 Å². The number of ether oxygens (including phenoxy) is 2. The molecule has 0 saturated carbocycles. The van der Waals surface area contributed by atoms with E-state index in [9.17, 15) is 4.79 Å². The number of hydrogen-bond acceptors (Lipinski definition) is 3. The van der Waals surface area contributed by atoms with E-state index in [2.05, 4.69) is 4.99 Å². The summed E-state index contributed by atoms with van der Waals surface area (Å²) in [5.74, 6) is -1.14. The van der Waals surface area contributed by atoms with Crippen molar-refractivity contribution in [3.8, 4) is 0 Å². The monoisotopic (exact) mass is 202 g/mol. The predicted molar refractivity (Wildman–Crippen MR) is 54.2 cm³/mol. The highest BCUT2D eigenvalue weighted by atomic mass is 16.7. The largest absolute Gasteiger partial charge is 0.366 e. The molecule has 0 bridgehead atoms. The fourth-order valence-electron chi connectivity index (χ4n) is 0.606. The van der Waals surface area contributed by atoms with Crippen molar-refractivity contribution < 1.29 is 14.3 Å². The molecule has 14 heavy (non-hydrogen) atoms. The summed E-state index contributed by atoms with van der Waals surface area (Å²) in [6.45, 7) is 3.27. The van der Waals surface area contributed by atoms with E-state index >= 15 is 0 Å². The summed E-state index contributed by atoms with van der Waals surface area (Å²) in [4.78, 5) is 17.2. The maximum atomic E-state index is 11.6. The first-order valence-electron chi connectivity index (χ1n) is 4.24. The Hall–Kier alpha value is -0.940. The van der Waals surface area contributed by atoms with Crippen molar-refractivity contribution >= 4 is 11.7 Å². The van der Waals surface area contributed by atoms with Gasteiger partial charge in [0.15, 0.2) is 0 Å². The van der Waals surface area contributed by atoms with Crippen molar-refractivity contribution in [2.45, 2.75) is 19.6 Å². The summed E-state index contributed by atoms with van der Waals surface area (Å²) in [7, 11) is 6.43. The number of hydrogen-bond donors (Lipinski definition) is 0. The molecule has 1 amide bonds. The SMILES string of the molecule is COC(C)(OC)C(=O)/N=C(\C)N(C)C. The van der Waals surface area contributed by atoms with Gasteiger partial charge in [-0.2, -0.15) is 4.99 Å². The number of rotatable bonds is 3. The van der Waals surface area contributed by atoms with Crippen LogP contribution in [0.2, 0.25) is 0 Å². The molecule has 0 spiro atoms. The van der Waals surface area contributed by atoms with Gasteiger partial charge in [0, 0.05) is 28.3 Å². The standard InChI is InChI=1S/C9H18N2O3/c1-7(11(3)4)10-8(12)9(2,13-5)14-6/h1-6H3/b10-7+. The Morgan fingerprint density at radius 1 is 1.29 bits per heavy atom. The number of carbonyl (C=O) groups excluding carboxylic acids is 1. The molecule has 0 aromatic heterocycles. The molecule has 5 nitrogen and oxygen atoms in total. The lowest BCUT2D eigenvalue weighted by Crippen LogP contribution is -2.39. The van der Waals surface area contributed by atoms with Crippen LogP contribution in [-0.2, 0) is 14.3 Å². The van der Waals surface area contributed by atoms with Crippen LogP contribution in [0.15, 0.2) is 4.99 Å². The predicted octanol–water partition coefficient (Wildman–Crippen LogP) is 0.502. The quantitative estimate of drug-likeness (QED) is 0.380. The molecule has 0 N–H and O–H groups in total. The van der Waals surface area contributed by atoms with Crippen LogP contribution in [0.3, 0.4) is 0 Å². The minimum Gasteiger partial charge on any atom is -0.366 e. The summed E-state index contributed by atoms with van der Waals surface area (Å²) in [6.07, 6.45) is 0. The maximum absolute atomic E-state index is 11.6. The Bertz CT molecular complexity index is 232. The average molecular weight is 202 g/mol. The van der Waals surface area contributed by atoms with Gasteiger partial charge in [0.1, 0.15) is 5.84 Å². The molecule has 0 aliphatic heterocycles. The molecule has 0 atom stereocenters. The number of nitrogens with zero attached hydrogens (tertiary/aromatic N) is 2. The van der Waals surface area contributed by atoms with Crippen LogP contribution in [0.4, 0.5) is 0 Å². The third kappa shape index (κ3) is 3.08. The van der Waals surface area contributed by atoms with Gasteiger partial charge in [-0.05, 0) is 13.8 Å². The number of amidine groups is 1. The fraction of sp³-hybridized carbons (Fsp3) is 0.778. The molecule has 5 heteroatoms. The second-order valence-corrected chi connectivity index (χ2v) is 3.21. The number of amides is 1. The molecular formula is C9H18N2O3. The molecule has 0 radical (unpaired) electrons. The normalized spacial score (nSPS) is 12.9. The van der Waals surface area contributed by atoms with E-state index in [-0.39, 0.29) is 0 Å². The van der Waals surface area contributed by atoms with E-state index in [0.29, 0.717) is 5.84 Å². The van der Waals surface area contributed by atoms with E-state index in [1.165, 1.54) is 21.1 Å². The van der Waals surface area contributed by atoms with E-state index in [1.54, 1.807) is 11.8 Å². The van der Waals surface area contributed by atoms with Gasteiger partial charge < -0.3 is 14.4 Å². The fourth-order valence-corrected chi connectivity index (χ4v) is 0.606. The summed E-state index contributed by atoms with van der Waals surface area (Å²) in [5, 5.41) is 0. The molecule has 0 unspecified atom stereocenters. The Kier molecular flexibility index (Phi) is 4.73. The van der Waals surface area contributed by atoms with Crippen LogP contribution in [0.25, 0.3) is 0 Å². The number of methoxy groups -OCH3 is 2. The third-order valence-electron chi connectivity index (χ3n) is 2.08. The highest BCUT2D eigenvalue weighted by Crippen LogP contribution is 2.12. The van der Waals surface area contributed by atoms with Gasteiger partial charge in [-0.3, -0.25) is 4.79 Å². The van der Waals surface area contributed by atoms with Crippen LogP contribution >= 0.6 is 0 Å². The van der Waals surface area contributed by atoms with Gasteiger partial charge in [-0.15, -0.1) is 0 Å². The Balaban J connectivity index is 4.70. The molecule has 0 fully saturated rings. The Morgan fingerprint density at radius 2 is 1.71 bits per heavy atom. The molecule has 0 aromatic carbocycles. The first-order valence-corrected chi connectivity index (χ1v) is 4.24. The summed E-state index contributed by atoms with van der Waals surface area (Å²) < 4.78 is 9.86. The smallest absolute Gasteiger partial charge is 0.307 e. The van der Waals surface area contributed by atoms with Crippen LogP contribution < -0.4 is 0 Å². The second-order valence-electron chi connectivity index (χ2n) is 3.21. The van der Waals surface area contributed by atoms with E-state index in [4.69, 9.17) is 9.47 Å². The molecular weight excluding hydrogens is 184 g/mol. The van der Waals surface area contributed by atoms with Crippen molar-refractivity contribution in [3.05, 3.63) is 0 Å². The van der Waals surface area contributed by atoms with E-state index in [0.717, 1.165) is 0 Å². The topological polar surface area (TPSA) is 51.1 Å². The highest BCUT2D eigenvalue weighted by Gasteiger charge is 2.33. The number of carbonyl (C=O) groups is 1. The van der Waals surface area contributed by atoms with Crippen molar-refractivity contribution in [1.82, 2.24) is 4.90 Å². The highest BCUT2D eigenvalue weighted by molar-refractivity contribution is 5.96. The maximum Gasteiger partial charge on any atom is 0.307 e. The second kappa shape index (κ2) is 5.07.